The molecule has 0 bridgehead atoms. The zero-order chi connectivity index (χ0) is 41.0. The molecule has 5 rings (SSSR count). The van der Waals surface area contributed by atoms with Crippen LogP contribution >= 0.6 is 0 Å². The molecular weight excluding hydrogens is 724 g/mol. The first-order chi connectivity index (χ1) is 25.3. The van der Waals surface area contributed by atoms with E-state index >= 15 is 0 Å². The zero-order valence-corrected chi connectivity index (χ0v) is 32.9. The van der Waals surface area contributed by atoms with Crippen LogP contribution in [0.3, 0.4) is 0 Å². The van der Waals surface area contributed by atoms with E-state index in [0.717, 1.165) is 22.8 Å². The molecule has 1 unspecified atom stereocenters. The van der Waals surface area contributed by atoms with Crippen molar-refractivity contribution in [1.29, 1.82) is 0 Å². The maximum atomic E-state index is 13.4. The SMILES string of the molecule is CC(C)(C)c1cccc(C2(N)CCC(C(F)(F)F)CC2)c1.CC(C)(C)c1cccc(C2(NCC(O)CCc3cc(F)cc(F)c3)CCC(C(F)(F)F)CC2)c1. The van der Waals surface area contributed by atoms with E-state index in [9.17, 15) is 40.2 Å². The van der Waals surface area contributed by atoms with E-state index in [-0.39, 0.29) is 49.5 Å². The van der Waals surface area contributed by atoms with Gasteiger partial charge in [-0.15, -0.1) is 0 Å². The maximum absolute atomic E-state index is 13.4. The van der Waals surface area contributed by atoms with E-state index < -0.39 is 53.0 Å². The van der Waals surface area contributed by atoms with E-state index in [2.05, 4.69) is 59.0 Å². The number of alkyl halides is 6. The quantitative estimate of drug-likeness (QED) is 0.200. The van der Waals surface area contributed by atoms with Crippen LogP contribution in [0, 0.1) is 23.5 Å². The minimum absolute atomic E-state index is 0.00947. The van der Waals surface area contributed by atoms with Crippen molar-refractivity contribution < 1.29 is 40.2 Å². The van der Waals surface area contributed by atoms with Crippen molar-refractivity contribution in [1.82, 2.24) is 5.32 Å². The van der Waals surface area contributed by atoms with Crippen molar-refractivity contribution in [2.45, 2.75) is 146 Å². The van der Waals surface area contributed by atoms with Gasteiger partial charge in [0, 0.05) is 23.7 Å². The molecule has 0 saturated heterocycles. The van der Waals surface area contributed by atoms with Gasteiger partial charge in [0.25, 0.3) is 0 Å². The lowest BCUT2D eigenvalue weighted by atomic mass is 9.71. The highest BCUT2D eigenvalue weighted by Crippen LogP contribution is 2.47. The average Bonchev–Trinajstić information content (AvgIpc) is 3.09. The fourth-order valence-electron chi connectivity index (χ4n) is 7.84. The maximum Gasteiger partial charge on any atom is 0.391 e. The van der Waals surface area contributed by atoms with Crippen LogP contribution in [0.4, 0.5) is 35.1 Å². The second kappa shape index (κ2) is 17.2. The Morgan fingerprint density at radius 2 is 1.11 bits per heavy atom. The number of aliphatic hydroxyl groups is 1. The molecule has 0 spiro atoms. The minimum atomic E-state index is -4.21. The molecule has 1 atom stereocenters. The van der Waals surface area contributed by atoms with Gasteiger partial charge in [-0.05, 0) is 115 Å². The molecule has 3 aromatic carbocycles. The molecule has 0 heterocycles. The summed E-state index contributed by atoms with van der Waals surface area (Å²) in [4.78, 5) is 0. The number of aliphatic hydroxyl groups excluding tert-OH is 1. The second-order valence-electron chi connectivity index (χ2n) is 17.9. The molecule has 0 radical (unpaired) electrons. The number of benzene rings is 3. The summed E-state index contributed by atoms with van der Waals surface area (Å²) >= 11 is 0. The lowest BCUT2D eigenvalue weighted by Crippen LogP contribution is -2.49. The number of hydrogen-bond acceptors (Lipinski definition) is 3. The van der Waals surface area contributed by atoms with Crippen LogP contribution in [0.25, 0.3) is 0 Å². The predicted octanol–water partition coefficient (Wildman–Crippen LogP) is 11.7. The van der Waals surface area contributed by atoms with E-state index in [1.54, 1.807) is 0 Å². The third kappa shape index (κ3) is 12.2. The van der Waals surface area contributed by atoms with Gasteiger partial charge < -0.3 is 16.2 Å². The van der Waals surface area contributed by atoms with Crippen LogP contribution in [0.15, 0.2) is 66.7 Å². The molecular formula is C44H58F8N2O. The predicted molar refractivity (Wildman–Crippen MR) is 203 cm³/mol. The Hall–Kier alpha value is -3.02. The first kappa shape index (κ1) is 44.7. The zero-order valence-electron chi connectivity index (χ0n) is 32.9. The molecule has 2 fully saturated rings. The summed E-state index contributed by atoms with van der Waals surface area (Å²) in [6.07, 6.45) is -6.83. The molecule has 2 saturated carbocycles. The number of nitrogens with two attached hydrogens (primary N) is 1. The van der Waals surface area contributed by atoms with Crippen LogP contribution in [-0.4, -0.2) is 30.1 Å². The van der Waals surface area contributed by atoms with Crippen LogP contribution in [0.2, 0.25) is 0 Å². The average molecular weight is 783 g/mol. The van der Waals surface area contributed by atoms with Gasteiger partial charge in [-0.1, -0.05) is 90.1 Å². The Kier molecular flexibility index (Phi) is 14.0. The summed E-state index contributed by atoms with van der Waals surface area (Å²) in [5.41, 5.74) is 9.65. The van der Waals surface area contributed by atoms with Gasteiger partial charge in [-0.25, -0.2) is 8.78 Å². The normalized spacial score (nSPS) is 24.5. The molecule has 2 aliphatic rings. The van der Waals surface area contributed by atoms with E-state index in [1.807, 2.05) is 36.4 Å². The van der Waals surface area contributed by atoms with Crippen LogP contribution in [-0.2, 0) is 28.3 Å². The number of nitrogens with one attached hydrogen (secondary N) is 1. The fourth-order valence-corrected chi connectivity index (χ4v) is 7.84. The van der Waals surface area contributed by atoms with Crippen LogP contribution in [0.5, 0.6) is 0 Å². The van der Waals surface area contributed by atoms with Gasteiger partial charge in [0.2, 0.25) is 0 Å². The van der Waals surface area contributed by atoms with Gasteiger partial charge in [0.1, 0.15) is 11.6 Å². The monoisotopic (exact) mass is 782 g/mol. The van der Waals surface area contributed by atoms with Gasteiger partial charge >= 0.3 is 12.4 Å². The second-order valence-corrected chi connectivity index (χ2v) is 17.9. The fraction of sp³-hybridized carbons (Fsp3) is 0.591. The molecule has 0 amide bonds. The lowest BCUT2D eigenvalue weighted by Gasteiger charge is -2.43. The van der Waals surface area contributed by atoms with Gasteiger partial charge in [-0.2, -0.15) is 26.3 Å². The van der Waals surface area contributed by atoms with Crippen LogP contribution in [0.1, 0.15) is 127 Å². The number of hydrogen-bond donors (Lipinski definition) is 3. The Morgan fingerprint density at radius 3 is 1.56 bits per heavy atom. The van der Waals surface area contributed by atoms with Crippen molar-refractivity contribution in [3.8, 4) is 0 Å². The summed E-state index contributed by atoms with van der Waals surface area (Å²) in [7, 11) is 0. The largest absolute Gasteiger partial charge is 0.392 e. The first-order valence-corrected chi connectivity index (χ1v) is 19.3. The Morgan fingerprint density at radius 1 is 0.673 bits per heavy atom. The molecule has 0 aromatic heterocycles. The van der Waals surface area contributed by atoms with E-state index in [4.69, 9.17) is 5.73 Å². The smallest absolute Gasteiger partial charge is 0.391 e. The molecule has 11 heteroatoms. The third-order valence-corrected chi connectivity index (χ3v) is 11.6. The molecule has 306 valence electrons. The summed E-state index contributed by atoms with van der Waals surface area (Å²) in [5.74, 6) is -3.84. The van der Waals surface area contributed by atoms with E-state index in [0.29, 0.717) is 37.7 Å². The summed E-state index contributed by atoms with van der Waals surface area (Å²) in [5, 5.41) is 14.0. The van der Waals surface area contributed by atoms with Crippen molar-refractivity contribution in [3.63, 3.8) is 0 Å². The van der Waals surface area contributed by atoms with Crippen molar-refractivity contribution in [2.75, 3.05) is 6.54 Å². The number of halogens is 8. The van der Waals surface area contributed by atoms with E-state index in [1.165, 1.54) is 17.7 Å². The molecule has 3 nitrogen and oxygen atoms in total. The minimum Gasteiger partial charge on any atom is -0.392 e. The van der Waals surface area contributed by atoms with Gasteiger partial charge in [-0.3, -0.25) is 0 Å². The molecule has 55 heavy (non-hydrogen) atoms. The highest BCUT2D eigenvalue weighted by atomic mass is 19.4. The first-order valence-electron chi connectivity index (χ1n) is 19.3. The Bertz CT molecular complexity index is 1670. The Balaban J connectivity index is 0.000000274. The Labute approximate surface area is 321 Å². The molecule has 4 N–H and O–H groups in total. The molecule has 2 aliphatic carbocycles. The van der Waals surface area contributed by atoms with Gasteiger partial charge in [0.15, 0.2) is 0 Å². The lowest BCUT2D eigenvalue weighted by molar-refractivity contribution is -0.186. The van der Waals surface area contributed by atoms with Gasteiger partial charge in [0.05, 0.1) is 17.9 Å². The highest BCUT2D eigenvalue weighted by Gasteiger charge is 2.47. The van der Waals surface area contributed by atoms with Crippen molar-refractivity contribution in [2.24, 2.45) is 17.6 Å². The van der Waals surface area contributed by atoms with Crippen molar-refractivity contribution >= 4 is 0 Å². The summed E-state index contributed by atoms with van der Waals surface area (Å²) in [6.45, 7) is 12.8. The summed E-state index contributed by atoms with van der Waals surface area (Å²) in [6, 6.07) is 19.2. The van der Waals surface area contributed by atoms with Crippen molar-refractivity contribution in [3.05, 3.63) is 106 Å². The highest BCUT2D eigenvalue weighted by molar-refractivity contribution is 5.35. The third-order valence-electron chi connectivity index (χ3n) is 11.6. The number of rotatable bonds is 8. The van der Waals surface area contributed by atoms with Crippen LogP contribution < -0.4 is 11.1 Å². The number of aryl methyl sites for hydroxylation is 1. The molecule has 3 aromatic rings. The summed E-state index contributed by atoms with van der Waals surface area (Å²) < 4.78 is 105. The standard InChI is InChI=1S/C27H34F5NO.C17H24F3N/c1-25(2,3)20-5-4-6-21(15-20)26(11-9-19(10-12-26)27(30,31)32)33-17-24(34)8-7-18-13-22(28)16-23(29)14-18;1-15(2,3)13-5-4-6-14(11-13)16(21)9-7-12(8-10-16)17(18,19)20/h4-6,13-16,19,24,33-34H,7-12,17H2,1-3H3;4-6,11-12H,7-10,21H2,1-3H3. The topological polar surface area (TPSA) is 58.3 Å². The molecule has 0 aliphatic heterocycles.